The molecule has 2 N–H and O–H groups in total. The summed E-state index contributed by atoms with van der Waals surface area (Å²) in [5.74, 6) is -3.18. The molecule has 1 aromatic carbocycles. The number of carbonyl (C=O) groups is 3. The van der Waals surface area contributed by atoms with Crippen molar-refractivity contribution < 1.29 is 19.5 Å². The van der Waals surface area contributed by atoms with E-state index in [1.54, 1.807) is 19.1 Å². The largest absolute Gasteiger partial charge is 0.506 e. The van der Waals surface area contributed by atoms with Crippen LogP contribution in [0, 0.1) is 12.8 Å². The molecule has 0 bridgehead atoms. The van der Waals surface area contributed by atoms with Crippen LogP contribution in [-0.4, -0.2) is 22.6 Å². The third kappa shape index (κ3) is 3.16. The van der Waals surface area contributed by atoms with E-state index in [0.717, 1.165) is 12.5 Å². The molecule has 1 unspecified atom stereocenters. The Kier molecular flexibility index (Phi) is 4.20. The van der Waals surface area contributed by atoms with Crippen molar-refractivity contribution in [1.29, 1.82) is 0 Å². The molecule has 1 atom stereocenters. The van der Waals surface area contributed by atoms with Crippen LogP contribution in [0.5, 0.6) is 5.75 Å². The molecule has 0 saturated carbocycles. The third-order valence-corrected chi connectivity index (χ3v) is 2.54. The molecule has 0 aliphatic rings. The number of nitrogens with one attached hydrogen (secondary N) is 1. The van der Waals surface area contributed by atoms with Gasteiger partial charge in [0, 0.05) is 6.92 Å². The highest BCUT2D eigenvalue weighted by atomic mass is 16.3. The van der Waals surface area contributed by atoms with E-state index in [1.807, 2.05) is 0 Å². The van der Waals surface area contributed by atoms with Crippen LogP contribution in [0.1, 0.15) is 19.4 Å². The molecule has 0 saturated heterocycles. The zero-order valence-electron chi connectivity index (χ0n) is 10.5. The van der Waals surface area contributed by atoms with Crippen LogP contribution in [0.4, 0.5) is 5.69 Å². The first-order chi connectivity index (χ1) is 8.32. The maximum absolute atomic E-state index is 11.7. The van der Waals surface area contributed by atoms with E-state index in [1.165, 1.54) is 13.0 Å². The number of hydrogen-bond donors (Lipinski definition) is 2. The number of hydrogen-bond acceptors (Lipinski definition) is 4. The second-order valence-corrected chi connectivity index (χ2v) is 4.15. The summed E-state index contributed by atoms with van der Waals surface area (Å²) >= 11 is 0. The van der Waals surface area contributed by atoms with Gasteiger partial charge in [0.05, 0.1) is 5.69 Å². The third-order valence-electron chi connectivity index (χ3n) is 2.54. The lowest BCUT2D eigenvalue weighted by Crippen LogP contribution is -2.30. The average molecular weight is 249 g/mol. The standard InChI is InChI=1S/C13H15NO4/c1-7-4-5-11(16)10(6-7)14-13(18)8(2)12(17)9(3)15/h4-6,8,16H,1-3H3,(H,14,18). The van der Waals surface area contributed by atoms with E-state index in [-0.39, 0.29) is 11.4 Å². The maximum Gasteiger partial charge on any atom is 0.235 e. The Morgan fingerprint density at radius 1 is 1.28 bits per heavy atom. The van der Waals surface area contributed by atoms with E-state index in [4.69, 9.17) is 0 Å². The molecule has 0 aliphatic heterocycles. The number of Topliss-reactive ketones (excluding diaryl/α,β-unsaturated/α-hetero) is 2. The molecule has 18 heavy (non-hydrogen) atoms. The van der Waals surface area contributed by atoms with Gasteiger partial charge in [-0.15, -0.1) is 0 Å². The number of ketones is 2. The molecule has 0 heterocycles. The van der Waals surface area contributed by atoms with Crippen LogP contribution >= 0.6 is 0 Å². The van der Waals surface area contributed by atoms with Crippen molar-refractivity contribution in [3.8, 4) is 5.75 Å². The van der Waals surface area contributed by atoms with Crippen LogP contribution in [0.15, 0.2) is 18.2 Å². The molecule has 1 amide bonds. The van der Waals surface area contributed by atoms with Crippen molar-refractivity contribution in [3.05, 3.63) is 23.8 Å². The van der Waals surface area contributed by atoms with Gasteiger partial charge in [0.2, 0.25) is 11.7 Å². The SMILES string of the molecule is CC(=O)C(=O)C(C)C(=O)Nc1cc(C)ccc1O. The minimum atomic E-state index is -1.07. The summed E-state index contributed by atoms with van der Waals surface area (Å²) in [5, 5.41) is 12.0. The number of aryl methyl sites for hydroxylation is 1. The van der Waals surface area contributed by atoms with Crippen LogP contribution in [-0.2, 0) is 14.4 Å². The molecular formula is C13H15NO4. The number of rotatable bonds is 4. The molecular weight excluding hydrogens is 234 g/mol. The Bertz CT molecular complexity index is 508. The molecule has 0 aromatic heterocycles. The number of phenols is 1. The summed E-state index contributed by atoms with van der Waals surface area (Å²) in [7, 11) is 0. The van der Waals surface area contributed by atoms with Crippen molar-refractivity contribution in [3.63, 3.8) is 0 Å². The fourth-order valence-corrected chi connectivity index (χ4v) is 1.41. The predicted molar refractivity (Wildman–Crippen MR) is 66.3 cm³/mol. The Balaban J connectivity index is 2.85. The second-order valence-electron chi connectivity index (χ2n) is 4.15. The fraction of sp³-hybridized carbons (Fsp3) is 0.308. The number of amides is 1. The quantitative estimate of drug-likeness (QED) is 0.480. The zero-order chi connectivity index (χ0) is 13.9. The molecule has 1 aromatic rings. The van der Waals surface area contributed by atoms with Crippen molar-refractivity contribution in [2.24, 2.45) is 5.92 Å². The Labute approximate surface area is 105 Å². The Morgan fingerprint density at radius 3 is 2.44 bits per heavy atom. The summed E-state index contributed by atoms with van der Waals surface area (Å²) in [6, 6.07) is 4.72. The molecule has 5 nitrogen and oxygen atoms in total. The summed E-state index contributed by atoms with van der Waals surface area (Å²) in [6.07, 6.45) is 0. The molecule has 0 radical (unpaired) electrons. The van der Waals surface area contributed by atoms with E-state index >= 15 is 0 Å². The lowest BCUT2D eigenvalue weighted by molar-refractivity contribution is -0.140. The van der Waals surface area contributed by atoms with Gasteiger partial charge in [-0.3, -0.25) is 14.4 Å². The first-order valence-electron chi connectivity index (χ1n) is 5.48. The Morgan fingerprint density at radius 2 is 1.89 bits per heavy atom. The summed E-state index contributed by atoms with van der Waals surface area (Å²) in [5.41, 5.74) is 1.08. The van der Waals surface area contributed by atoms with Gasteiger partial charge in [0.25, 0.3) is 0 Å². The van der Waals surface area contributed by atoms with Crippen molar-refractivity contribution in [2.45, 2.75) is 20.8 Å². The lowest BCUT2D eigenvalue weighted by atomic mass is 10.0. The van der Waals surface area contributed by atoms with E-state index < -0.39 is 23.4 Å². The molecule has 96 valence electrons. The first kappa shape index (κ1) is 13.9. The van der Waals surface area contributed by atoms with Crippen LogP contribution in [0.25, 0.3) is 0 Å². The number of phenolic OH excluding ortho intramolecular Hbond substituents is 1. The fourth-order valence-electron chi connectivity index (χ4n) is 1.41. The summed E-state index contributed by atoms with van der Waals surface area (Å²) in [4.78, 5) is 34.0. The molecule has 0 aliphatic carbocycles. The van der Waals surface area contributed by atoms with Crippen molar-refractivity contribution >= 4 is 23.2 Å². The topological polar surface area (TPSA) is 83.5 Å². The zero-order valence-corrected chi connectivity index (χ0v) is 10.5. The smallest absolute Gasteiger partial charge is 0.235 e. The maximum atomic E-state index is 11.7. The molecule has 0 fully saturated rings. The average Bonchev–Trinajstić information content (AvgIpc) is 2.31. The predicted octanol–water partition coefficient (Wildman–Crippen LogP) is 1.43. The summed E-state index contributed by atoms with van der Waals surface area (Å²) < 4.78 is 0. The van der Waals surface area contributed by atoms with Gasteiger partial charge < -0.3 is 10.4 Å². The van der Waals surface area contributed by atoms with Gasteiger partial charge in [-0.1, -0.05) is 6.07 Å². The highest BCUT2D eigenvalue weighted by molar-refractivity contribution is 6.40. The monoisotopic (exact) mass is 249 g/mol. The van der Waals surface area contributed by atoms with Crippen molar-refractivity contribution in [2.75, 3.05) is 5.32 Å². The number of carbonyl (C=O) groups excluding carboxylic acids is 3. The number of aromatic hydroxyl groups is 1. The van der Waals surface area contributed by atoms with Gasteiger partial charge in [0.15, 0.2) is 5.78 Å². The van der Waals surface area contributed by atoms with Gasteiger partial charge in [-0.05, 0) is 31.5 Å². The minimum absolute atomic E-state index is 0.0866. The van der Waals surface area contributed by atoms with Crippen LogP contribution in [0.2, 0.25) is 0 Å². The molecule has 1 rings (SSSR count). The van der Waals surface area contributed by atoms with Gasteiger partial charge >= 0.3 is 0 Å². The minimum Gasteiger partial charge on any atom is -0.506 e. The lowest BCUT2D eigenvalue weighted by Gasteiger charge is -2.11. The van der Waals surface area contributed by atoms with Crippen LogP contribution < -0.4 is 5.32 Å². The second kappa shape index (κ2) is 5.44. The van der Waals surface area contributed by atoms with E-state index in [9.17, 15) is 19.5 Å². The van der Waals surface area contributed by atoms with E-state index in [0.29, 0.717) is 0 Å². The summed E-state index contributed by atoms with van der Waals surface area (Å²) in [6.45, 7) is 4.28. The first-order valence-corrected chi connectivity index (χ1v) is 5.48. The molecule has 0 spiro atoms. The molecule has 5 heteroatoms. The highest BCUT2D eigenvalue weighted by Gasteiger charge is 2.25. The highest BCUT2D eigenvalue weighted by Crippen LogP contribution is 2.24. The van der Waals surface area contributed by atoms with Gasteiger partial charge in [-0.2, -0.15) is 0 Å². The van der Waals surface area contributed by atoms with E-state index in [2.05, 4.69) is 5.32 Å². The van der Waals surface area contributed by atoms with Gasteiger partial charge in [-0.25, -0.2) is 0 Å². The van der Waals surface area contributed by atoms with Gasteiger partial charge in [0.1, 0.15) is 11.7 Å². The number of anilines is 1. The van der Waals surface area contributed by atoms with Crippen LogP contribution in [0.3, 0.4) is 0 Å². The van der Waals surface area contributed by atoms with Crippen molar-refractivity contribution in [1.82, 2.24) is 0 Å². The Hall–Kier alpha value is -2.17. The normalized spacial score (nSPS) is 11.7. The number of benzene rings is 1.